The average molecular weight is 262 g/mol. The van der Waals surface area contributed by atoms with E-state index in [1.165, 1.54) is 25.7 Å². The van der Waals surface area contributed by atoms with E-state index >= 15 is 0 Å². The van der Waals surface area contributed by atoms with Crippen molar-refractivity contribution in [1.82, 2.24) is 9.78 Å². The normalized spacial score (nSPS) is 25.9. The number of ether oxygens (including phenoxy) is 1. The van der Waals surface area contributed by atoms with E-state index in [1.54, 1.807) is 0 Å². The Kier molecular flexibility index (Phi) is 3.21. The summed E-state index contributed by atoms with van der Waals surface area (Å²) in [5.41, 5.74) is 2.70. The fraction of sp³-hybridized carbons (Fsp3) is 0.733. The second-order valence-electron chi connectivity index (χ2n) is 6.03. The quantitative estimate of drug-likeness (QED) is 0.770. The first-order chi connectivity index (χ1) is 9.15. The minimum absolute atomic E-state index is 0.0938. The third-order valence-corrected chi connectivity index (χ3v) is 4.83. The SMILES string of the molecule is Cc1nn(C2CCOC3(CCCC3)C2)c(C)c1C=O. The van der Waals surface area contributed by atoms with E-state index in [1.807, 2.05) is 13.8 Å². The van der Waals surface area contributed by atoms with Gasteiger partial charge in [0.15, 0.2) is 6.29 Å². The molecule has 0 amide bonds. The van der Waals surface area contributed by atoms with Gasteiger partial charge < -0.3 is 4.74 Å². The van der Waals surface area contributed by atoms with E-state index in [9.17, 15) is 4.79 Å². The summed E-state index contributed by atoms with van der Waals surface area (Å²) in [6.45, 7) is 4.73. The number of hydrogen-bond acceptors (Lipinski definition) is 3. The molecule has 1 aliphatic heterocycles. The molecule has 2 fully saturated rings. The van der Waals surface area contributed by atoms with Crippen LogP contribution in [-0.2, 0) is 4.74 Å². The Balaban J connectivity index is 1.87. The zero-order valence-corrected chi connectivity index (χ0v) is 11.8. The third-order valence-electron chi connectivity index (χ3n) is 4.83. The molecule has 1 unspecified atom stereocenters. The Hall–Kier alpha value is -1.16. The highest BCUT2D eigenvalue weighted by atomic mass is 16.5. The standard InChI is InChI=1S/C15H22N2O2/c1-11-14(10-18)12(2)17(16-11)13-5-8-19-15(9-13)6-3-4-7-15/h10,13H,3-9H2,1-2H3. The number of nitrogens with zero attached hydrogens (tertiary/aromatic N) is 2. The van der Waals surface area contributed by atoms with E-state index in [2.05, 4.69) is 9.78 Å². The minimum atomic E-state index is 0.0938. The summed E-state index contributed by atoms with van der Waals surface area (Å²) in [6.07, 6.45) is 7.91. The summed E-state index contributed by atoms with van der Waals surface area (Å²) in [4.78, 5) is 11.1. The van der Waals surface area contributed by atoms with Gasteiger partial charge in [-0.25, -0.2) is 0 Å². The van der Waals surface area contributed by atoms with Gasteiger partial charge in [0.25, 0.3) is 0 Å². The van der Waals surface area contributed by atoms with Crippen LogP contribution in [0.3, 0.4) is 0 Å². The van der Waals surface area contributed by atoms with Gasteiger partial charge in [-0.05, 0) is 39.5 Å². The predicted molar refractivity (Wildman–Crippen MR) is 72.5 cm³/mol. The Labute approximate surface area is 114 Å². The molecule has 3 rings (SSSR count). The monoisotopic (exact) mass is 262 g/mol. The molecule has 0 bridgehead atoms. The second kappa shape index (κ2) is 4.75. The van der Waals surface area contributed by atoms with Gasteiger partial charge in [0.05, 0.1) is 22.9 Å². The summed E-state index contributed by atoms with van der Waals surface area (Å²) >= 11 is 0. The molecule has 4 heteroatoms. The maximum Gasteiger partial charge on any atom is 0.153 e. The molecule has 1 aromatic rings. The Morgan fingerprint density at radius 1 is 1.37 bits per heavy atom. The van der Waals surface area contributed by atoms with Crippen LogP contribution < -0.4 is 0 Å². The second-order valence-corrected chi connectivity index (χ2v) is 6.03. The number of rotatable bonds is 2. The first-order valence-corrected chi connectivity index (χ1v) is 7.30. The summed E-state index contributed by atoms with van der Waals surface area (Å²) in [7, 11) is 0. The first kappa shape index (κ1) is 12.9. The van der Waals surface area contributed by atoms with Crippen LogP contribution in [0.2, 0.25) is 0 Å². The molecule has 19 heavy (non-hydrogen) atoms. The lowest BCUT2D eigenvalue weighted by atomic mass is 9.89. The third kappa shape index (κ3) is 2.12. The molecule has 0 radical (unpaired) electrons. The van der Waals surface area contributed by atoms with Crippen molar-refractivity contribution in [3.8, 4) is 0 Å². The van der Waals surface area contributed by atoms with Crippen LogP contribution in [-0.4, -0.2) is 28.3 Å². The molecular formula is C15H22N2O2. The summed E-state index contributed by atoms with van der Waals surface area (Å²) in [5.74, 6) is 0. The van der Waals surface area contributed by atoms with Crippen molar-refractivity contribution in [1.29, 1.82) is 0 Å². The molecule has 0 N–H and O–H groups in total. The van der Waals surface area contributed by atoms with Gasteiger partial charge in [0.1, 0.15) is 0 Å². The Bertz CT molecular complexity index is 487. The number of aryl methyl sites for hydroxylation is 1. The molecule has 1 spiro atoms. The molecule has 1 aliphatic carbocycles. The van der Waals surface area contributed by atoms with Crippen LogP contribution in [0.25, 0.3) is 0 Å². The smallest absolute Gasteiger partial charge is 0.153 e. The lowest BCUT2D eigenvalue weighted by molar-refractivity contribution is -0.0912. The van der Waals surface area contributed by atoms with E-state index < -0.39 is 0 Å². The van der Waals surface area contributed by atoms with E-state index in [0.29, 0.717) is 6.04 Å². The lowest BCUT2D eigenvalue weighted by Gasteiger charge is -2.38. The van der Waals surface area contributed by atoms with Crippen LogP contribution in [0.15, 0.2) is 0 Å². The summed E-state index contributed by atoms with van der Waals surface area (Å²) < 4.78 is 8.14. The van der Waals surface area contributed by atoms with Gasteiger partial charge in [-0.15, -0.1) is 0 Å². The van der Waals surface area contributed by atoms with Crippen molar-refractivity contribution < 1.29 is 9.53 Å². The number of carbonyl (C=O) groups is 1. The highest BCUT2D eigenvalue weighted by molar-refractivity contribution is 5.78. The van der Waals surface area contributed by atoms with Gasteiger partial charge in [-0.3, -0.25) is 9.48 Å². The van der Waals surface area contributed by atoms with Gasteiger partial charge >= 0.3 is 0 Å². The maximum absolute atomic E-state index is 11.1. The summed E-state index contributed by atoms with van der Waals surface area (Å²) in [5, 5.41) is 4.59. The van der Waals surface area contributed by atoms with Crippen molar-refractivity contribution in [2.75, 3.05) is 6.61 Å². The van der Waals surface area contributed by atoms with Gasteiger partial charge in [-0.1, -0.05) is 12.8 Å². The van der Waals surface area contributed by atoms with Crippen molar-refractivity contribution >= 4 is 6.29 Å². The molecule has 1 atom stereocenters. The predicted octanol–water partition coefficient (Wildman–Crippen LogP) is 2.98. The molecule has 1 aromatic heterocycles. The topological polar surface area (TPSA) is 44.1 Å². The van der Waals surface area contributed by atoms with Crippen LogP contribution >= 0.6 is 0 Å². The molecule has 4 nitrogen and oxygen atoms in total. The molecule has 104 valence electrons. The van der Waals surface area contributed by atoms with Crippen LogP contribution in [0.1, 0.15) is 66.3 Å². The van der Waals surface area contributed by atoms with Gasteiger partial charge in [-0.2, -0.15) is 5.10 Å². The Morgan fingerprint density at radius 3 is 2.74 bits per heavy atom. The van der Waals surface area contributed by atoms with Crippen molar-refractivity contribution in [2.45, 2.75) is 64.0 Å². The lowest BCUT2D eigenvalue weighted by Crippen LogP contribution is -2.38. The van der Waals surface area contributed by atoms with Crippen molar-refractivity contribution in [2.24, 2.45) is 0 Å². The molecule has 1 saturated carbocycles. The zero-order chi connectivity index (χ0) is 13.5. The van der Waals surface area contributed by atoms with Gasteiger partial charge in [0.2, 0.25) is 0 Å². The molecule has 2 aliphatic rings. The fourth-order valence-corrected chi connectivity index (χ4v) is 3.78. The van der Waals surface area contributed by atoms with Crippen molar-refractivity contribution in [3.63, 3.8) is 0 Å². The molecule has 2 heterocycles. The maximum atomic E-state index is 11.1. The molecule has 0 aromatic carbocycles. The van der Waals surface area contributed by atoms with E-state index in [0.717, 1.165) is 42.7 Å². The molecule has 1 saturated heterocycles. The first-order valence-electron chi connectivity index (χ1n) is 7.30. The fourth-order valence-electron chi connectivity index (χ4n) is 3.78. The van der Waals surface area contributed by atoms with E-state index in [-0.39, 0.29) is 5.60 Å². The van der Waals surface area contributed by atoms with E-state index in [4.69, 9.17) is 4.74 Å². The molecular weight excluding hydrogens is 240 g/mol. The minimum Gasteiger partial charge on any atom is -0.375 e. The highest BCUT2D eigenvalue weighted by Gasteiger charge is 2.41. The summed E-state index contributed by atoms with van der Waals surface area (Å²) in [6, 6.07) is 0.388. The Morgan fingerprint density at radius 2 is 2.11 bits per heavy atom. The number of aromatic nitrogens is 2. The van der Waals surface area contributed by atoms with Crippen LogP contribution in [0.5, 0.6) is 0 Å². The number of carbonyl (C=O) groups excluding carboxylic acids is 1. The van der Waals surface area contributed by atoms with Crippen LogP contribution in [0, 0.1) is 13.8 Å². The largest absolute Gasteiger partial charge is 0.375 e. The zero-order valence-electron chi connectivity index (χ0n) is 11.8. The number of aldehydes is 1. The van der Waals surface area contributed by atoms with Gasteiger partial charge in [0, 0.05) is 12.3 Å². The van der Waals surface area contributed by atoms with Crippen molar-refractivity contribution in [3.05, 3.63) is 17.0 Å². The van der Waals surface area contributed by atoms with Crippen LogP contribution in [0.4, 0.5) is 0 Å². The number of hydrogen-bond donors (Lipinski definition) is 0. The highest BCUT2D eigenvalue weighted by Crippen LogP contribution is 2.43. The average Bonchev–Trinajstić information content (AvgIpc) is 2.95.